The quantitative estimate of drug-likeness (QED) is 0.783. The smallest absolute Gasteiger partial charge is 0.320 e. The highest BCUT2D eigenvalue weighted by Crippen LogP contribution is 2.38. The first kappa shape index (κ1) is 22.0. The summed E-state index contributed by atoms with van der Waals surface area (Å²) in [7, 11) is 0. The van der Waals surface area contributed by atoms with Crippen LogP contribution >= 0.6 is 0 Å². The number of carbonyl (C=O) groups excluding carboxylic acids is 2. The molecule has 3 amide bonds. The Bertz CT molecular complexity index is 987. The van der Waals surface area contributed by atoms with Crippen LogP contribution in [0.15, 0.2) is 54.6 Å². The Hall–Kier alpha value is -2.86. The molecule has 0 radical (unpaired) electrons. The van der Waals surface area contributed by atoms with Crippen molar-refractivity contribution in [2.24, 2.45) is 5.92 Å². The fourth-order valence-electron chi connectivity index (χ4n) is 5.76. The molecule has 3 fully saturated rings. The fourth-order valence-corrected chi connectivity index (χ4v) is 5.76. The Morgan fingerprint density at radius 2 is 1.70 bits per heavy atom. The molecule has 1 N–H and O–H groups in total. The Kier molecular flexibility index (Phi) is 6.36. The molecule has 3 atom stereocenters. The summed E-state index contributed by atoms with van der Waals surface area (Å²) < 4.78 is 5.64. The summed E-state index contributed by atoms with van der Waals surface area (Å²) in [4.78, 5) is 28.9. The summed E-state index contributed by atoms with van der Waals surface area (Å²) in [6.07, 6.45) is 2.77. The summed E-state index contributed by atoms with van der Waals surface area (Å²) in [5.41, 5.74) is 3.99. The molecule has 0 aromatic heterocycles. The minimum Gasteiger partial charge on any atom is -0.366 e. The molecule has 3 aliphatic heterocycles. The summed E-state index contributed by atoms with van der Waals surface area (Å²) in [5.74, 6) is 0.748. The van der Waals surface area contributed by atoms with Gasteiger partial charge in [0.05, 0.1) is 12.1 Å². The summed E-state index contributed by atoms with van der Waals surface area (Å²) >= 11 is 0. The molecule has 3 heterocycles. The number of morpholine rings is 1. The van der Waals surface area contributed by atoms with Gasteiger partial charge in [0.15, 0.2) is 0 Å². The molecule has 2 aromatic rings. The van der Waals surface area contributed by atoms with Crippen LogP contribution in [0.2, 0.25) is 0 Å². The summed E-state index contributed by atoms with van der Waals surface area (Å²) in [6, 6.07) is 19.6. The average molecular weight is 448 g/mol. The number of fused-ring (bicyclic) bond motifs is 1. The van der Waals surface area contributed by atoms with Gasteiger partial charge in [0.2, 0.25) is 5.91 Å². The first-order chi connectivity index (χ1) is 16.1. The van der Waals surface area contributed by atoms with Crippen molar-refractivity contribution in [2.75, 3.05) is 32.8 Å². The van der Waals surface area contributed by atoms with Gasteiger partial charge in [-0.15, -0.1) is 0 Å². The Balaban J connectivity index is 1.25. The number of benzene rings is 2. The highest BCUT2D eigenvalue weighted by molar-refractivity contribution is 5.79. The highest BCUT2D eigenvalue weighted by Gasteiger charge is 2.38. The molecule has 0 aliphatic carbocycles. The van der Waals surface area contributed by atoms with Crippen LogP contribution < -0.4 is 5.32 Å². The van der Waals surface area contributed by atoms with Gasteiger partial charge in [-0.2, -0.15) is 0 Å². The Morgan fingerprint density at radius 3 is 2.45 bits per heavy atom. The van der Waals surface area contributed by atoms with Crippen LogP contribution in [0.5, 0.6) is 0 Å². The van der Waals surface area contributed by atoms with E-state index in [-0.39, 0.29) is 30.7 Å². The van der Waals surface area contributed by atoms with E-state index in [1.807, 2.05) is 9.80 Å². The van der Waals surface area contributed by atoms with Crippen molar-refractivity contribution in [1.29, 1.82) is 0 Å². The second kappa shape index (κ2) is 9.56. The number of likely N-dealkylation sites (tertiary alicyclic amines) is 2. The molecule has 0 spiro atoms. The predicted molar refractivity (Wildman–Crippen MR) is 127 cm³/mol. The van der Waals surface area contributed by atoms with Gasteiger partial charge in [0.25, 0.3) is 0 Å². The highest BCUT2D eigenvalue weighted by atomic mass is 16.5. The first-order valence-corrected chi connectivity index (χ1v) is 12.1. The van der Waals surface area contributed by atoms with Crippen molar-refractivity contribution in [1.82, 2.24) is 15.1 Å². The maximum atomic E-state index is 13.3. The van der Waals surface area contributed by atoms with Gasteiger partial charge in [-0.1, -0.05) is 60.2 Å². The maximum absolute atomic E-state index is 13.3. The fraction of sp³-hybridized carbons (Fsp3) is 0.481. The molecular formula is C27H33N3O3. The van der Waals surface area contributed by atoms with E-state index in [9.17, 15) is 9.59 Å². The SMILES string of the molecule is Cc1cccc([C@H](c2ccccc2)C2CCN(C(=O)N3CCC4OCC(=O)N[C@@H]4C3)CC2)c1. The van der Waals surface area contributed by atoms with Crippen LogP contribution in [0.25, 0.3) is 0 Å². The molecule has 6 heteroatoms. The Labute approximate surface area is 195 Å². The van der Waals surface area contributed by atoms with Crippen molar-refractivity contribution in [3.63, 3.8) is 0 Å². The van der Waals surface area contributed by atoms with Gasteiger partial charge in [0, 0.05) is 32.1 Å². The predicted octanol–water partition coefficient (Wildman–Crippen LogP) is 3.55. The Morgan fingerprint density at radius 1 is 0.970 bits per heavy atom. The van der Waals surface area contributed by atoms with E-state index in [4.69, 9.17) is 4.74 Å². The third kappa shape index (κ3) is 4.76. The van der Waals surface area contributed by atoms with Crippen LogP contribution in [0.1, 0.15) is 41.9 Å². The lowest BCUT2D eigenvalue weighted by Crippen LogP contribution is -2.62. The molecule has 33 heavy (non-hydrogen) atoms. The van der Waals surface area contributed by atoms with Crippen molar-refractivity contribution in [3.8, 4) is 0 Å². The first-order valence-electron chi connectivity index (χ1n) is 12.1. The third-order valence-electron chi connectivity index (χ3n) is 7.44. The zero-order chi connectivity index (χ0) is 22.8. The van der Waals surface area contributed by atoms with E-state index >= 15 is 0 Å². The molecule has 3 saturated heterocycles. The third-order valence-corrected chi connectivity index (χ3v) is 7.44. The number of aryl methyl sites for hydroxylation is 1. The molecule has 5 rings (SSSR count). The molecular weight excluding hydrogens is 414 g/mol. The van der Waals surface area contributed by atoms with Crippen molar-refractivity contribution in [2.45, 2.75) is 44.2 Å². The summed E-state index contributed by atoms with van der Waals surface area (Å²) in [6.45, 7) is 5.04. The van der Waals surface area contributed by atoms with E-state index in [1.165, 1.54) is 16.7 Å². The number of urea groups is 1. The number of carbonyl (C=O) groups is 2. The molecule has 6 nitrogen and oxygen atoms in total. The van der Waals surface area contributed by atoms with Crippen LogP contribution in [-0.2, 0) is 9.53 Å². The van der Waals surface area contributed by atoms with Crippen LogP contribution in [0.3, 0.4) is 0 Å². The summed E-state index contributed by atoms with van der Waals surface area (Å²) in [5, 5.41) is 2.99. The van der Waals surface area contributed by atoms with Crippen molar-refractivity contribution >= 4 is 11.9 Å². The van der Waals surface area contributed by atoms with Gasteiger partial charge in [-0.3, -0.25) is 4.79 Å². The standard InChI is InChI=1S/C27H33N3O3/c1-19-6-5-9-22(16-19)26(20-7-3-2-4-8-20)21-10-13-29(14-11-21)27(32)30-15-12-24-23(17-30)28-25(31)18-33-24/h2-9,16,21,23-24,26H,10-15,17-18H2,1H3,(H,28,31)/t23-,24?,26-/m1/s1. The lowest BCUT2D eigenvalue weighted by molar-refractivity contribution is -0.139. The van der Waals surface area contributed by atoms with Gasteiger partial charge in [-0.25, -0.2) is 4.79 Å². The topological polar surface area (TPSA) is 61.9 Å². The molecule has 3 aliphatic rings. The second-order valence-electron chi connectivity index (χ2n) is 9.67. The van der Waals surface area contributed by atoms with E-state index in [2.05, 4.69) is 66.8 Å². The van der Waals surface area contributed by atoms with Crippen molar-refractivity contribution in [3.05, 3.63) is 71.3 Å². The number of hydrogen-bond acceptors (Lipinski definition) is 3. The monoisotopic (exact) mass is 447 g/mol. The number of hydrogen-bond donors (Lipinski definition) is 1. The molecule has 2 aromatic carbocycles. The maximum Gasteiger partial charge on any atom is 0.320 e. The number of amides is 3. The second-order valence-corrected chi connectivity index (χ2v) is 9.67. The molecule has 0 bridgehead atoms. The van der Waals surface area contributed by atoms with E-state index in [0.29, 0.717) is 24.9 Å². The van der Waals surface area contributed by atoms with Gasteiger partial charge in [0.1, 0.15) is 6.61 Å². The number of nitrogens with one attached hydrogen (secondary N) is 1. The number of piperidine rings is 2. The van der Waals surface area contributed by atoms with E-state index < -0.39 is 0 Å². The minimum absolute atomic E-state index is 0.0263. The lowest BCUT2D eigenvalue weighted by atomic mass is 9.76. The van der Waals surface area contributed by atoms with E-state index in [0.717, 1.165) is 32.4 Å². The van der Waals surface area contributed by atoms with Gasteiger partial charge in [-0.05, 0) is 43.2 Å². The van der Waals surface area contributed by atoms with Crippen LogP contribution in [-0.4, -0.2) is 66.7 Å². The zero-order valence-electron chi connectivity index (χ0n) is 19.3. The number of nitrogens with zero attached hydrogens (tertiary/aromatic N) is 2. The van der Waals surface area contributed by atoms with E-state index in [1.54, 1.807) is 0 Å². The normalized spacial score (nSPS) is 24.7. The van der Waals surface area contributed by atoms with Crippen molar-refractivity contribution < 1.29 is 14.3 Å². The van der Waals surface area contributed by atoms with Gasteiger partial charge < -0.3 is 19.9 Å². The zero-order valence-corrected chi connectivity index (χ0v) is 19.3. The molecule has 1 unspecified atom stereocenters. The number of ether oxygens (including phenoxy) is 1. The minimum atomic E-state index is -0.0923. The average Bonchev–Trinajstić information content (AvgIpc) is 2.84. The molecule has 174 valence electrons. The lowest BCUT2D eigenvalue weighted by Gasteiger charge is -2.44. The van der Waals surface area contributed by atoms with Crippen LogP contribution in [0.4, 0.5) is 4.79 Å². The largest absolute Gasteiger partial charge is 0.366 e. The molecule has 0 saturated carbocycles. The number of rotatable bonds is 3. The van der Waals surface area contributed by atoms with Crippen LogP contribution in [0, 0.1) is 12.8 Å². The van der Waals surface area contributed by atoms with Gasteiger partial charge >= 0.3 is 6.03 Å².